The fourth-order valence-corrected chi connectivity index (χ4v) is 2.65. The number of hydrogen-bond donors (Lipinski definition) is 2. The van der Waals surface area contributed by atoms with Crippen LogP contribution in [0.3, 0.4) is 0 Å². The van der Waals surface area contributed by atoms with Crippen molar-refractivity contribution in [3.8, 4) is 0 Å². The van der Waals surface area contributed by atoms with E-state index in [1.54, 1.807) is 19.1 Å². The molecule has 0 heterocycles. The molecule has 1 amide bonds. The molecule has 6 heteroatoms. The maximum absolute atomic E-state index is 11.8. The number of nitrogens with one attached hydrogen (secondary N) is 1. The summed E-state index contributed by atoms with van der Waals surface area (Å²) in [6, 6.07) is 4.79. The minimum Gasteiger partial charge on any atom is -0.384 e. The predicted molar refractivity (Wildman–Crippen MR) is 62.9 cm³/mol. The van der Waals surface area contributed by atoms with E-state index in [4.69, 9.17) is 5.11 Å². The lowest BCUT2D eigenvalue weighted by atomic mass is 10.2. The van der Waals surface area contributed by atoms with E-state index in [2.05, 4.69) is 0 Å². The molecule has 0 saturated heterocycles. The Balaban J connectivity index is 3.10. The standard InChI is InChI=1S/C11H15NO4S/c1-7-4-5-10(8(2)6-7)17(15,16)12-11(14)9(3)13/h4-6,9,13H,1-3H3,(H,12,14)/t9-/m1/s1. The van der Waals surface area contributed by atoms with Crippen LogP contribution in [0.4, 0.5) is 0 Å². The van der Waals surface area contributed by atoms with E-state index in [9.17, 15) is 13.2 Å². The molecule has 17 heavy (non-hydrogen) atoms. The number of benzene rings is 1. The fourth-order valence-electron chi connectivity index (χ4n) is 1.37. The van der Waals surface area contributed by atoms with Crippen LogP contribution in [-0.2, 0) is 14.8 Å². The van der Waals surface area contributed by atoms with Gasteiger partial charge in [-0.1, -0.05) is 17.7 Å². The van der Waals surface area contributed by atoms with Gasteiger partial charge in [0.1, 0.15) is 6.10 Å². The van der Waals surface area contributed by atoms with Gasteiger partial charge in [0.15, 0.2) is 0 Å². The summed E-state index contributed by atoms with van der Waals surface area (Å²) in [5.41, 5.74) is 1.49. The van der Waals surface area contributed by atoms with Crippen LogP contribution >= 0.6 is 0 Å². The van der Waals surface area contributed by atoms with Crippen LogP contribution in [0.15, 0.2) is 23.1 Å². The first-order valence-corrected chi connectivity index (χ1v) is 6.54. The summed E-state index contributed by atoms with van der Waals surface area (Å²) in [4.78, 5) is 11.2. The van der Waals surface area contributed by atoms with E-state index in [-0.39, 0.29) is 4.90 Å². The van der Waals surface area contributed by atoms with Gasteiger partial charge in [0, 0.05) is 0 Å². The van der Waals surface area contributed by atoms with Gasteiger partial charge < -0.3 is 5.11 Å². The van der Waals surface area contributed by atoms with Gasteiger partial charge in [0.05, 0.1) is 4.90 Å². The van der Waals surface area contributed by atoms with Crippen LogP contribution in [0.25, 0.3) is 0 Å². The van der Waals surface area contributed by atoms with Crippen LogP contribution in [0, 0.1) is 13.8 Å². The number of amides is 1. The van der Waals surface area contributed by atoms with Crippen LogP contribution in [0.2, 0.25) is 0 Å². The molecule has 1 rings (SSSR count). The lowest BCUT2D eigenvalue weighted by Gasteiger charge is -2.10. The molecule has 0 unspecified atom stereocenters. The SMILES string of the molecule is Cc1ccc(S(=O)(=O)NC(=O)[C@@H](C)O)c(C)c1. The zero-order valence-corrected chi connectivity index (χ0v) is 10.7. The quantitative estimate of drug-likeness (QED) is 0.825. The molecular weight excluding hydrogens is 242 g/mol. The number of aliphatic hydroxyl groups is 1. The van der Waals surface area contributed by atoms with Gasteiger partial charge in [-0.3, -0.25) is 4.79 Å². The molecular formula is C11H15NO4S. The molecule has 2 N–H and O–H groups in total. The molecule has 0 saturated carbocycles. The van der Waals surface area contributed by atoms with Crippen molar-refractivity contribution in [2.75, 3.05) is 0 Å². The Morgan fingerprint density at radius 2 is 1.94 bits per heavy atom. The van der Waals surface area contributed by atoms with E-state index >= 15 is 0 Å². The molecule has 0 radical (unpaired) electrons. The lowest BCUT2D eigenvalue weighted by molar-refractivity contribution is -0.126. The molecule has 0 bridgehead atoms. The van der Waals surface area contributed by atoms with Crippen molar-refractivity contribution < 1.29 is 18.3 Å². The first kappa shape index (κ1) is 13.7. The summed E-state index contributed by atoms with van der Waals surface area (Å²) in [5.74, 6) is -0.940. The van der Waals surface area contributed by atoms with E-state index < -0.39 is 22.0 Å². The van der Waals surface area contributed by atoms with Crippen LogP contribution in [-0.4, -0.2) is 25.5 Å². The maximum atomic E-state index is 11.8. The number of carbonyl (C=O) groups excluding carboxylic acids is 1. The molecule has 1 atom stereocenters. The van der Waals surface area contributed by atoms with Crippen LogP contribution in [0.1, 0.15) is 18.1 Å². The van der Waals surface area contributed by atoms with Crippen molar-refractivity contribution >= 4 is 15.9 Å². The number of rotatable bonds is 3. The molecule has 0 aromatic heterocycles. The number of sulfonamides is 1. The average molecular weight is 257 g/mol. The van der Waals surface area contributed by atoms with Gasteiger partial charge in [-0.25, -0.2) is 13.1 Å². The molecule has 1 aromatic carbocycles. The van der Waals surface area contributed by atoms with Crippen molar-refractivity contribution in [2.45, 2.75) is 31.8 Å². The molecule has 1 aromatic rings. The minimum atomic E-state index is -3.91. The highest BCUT2D eigenvalue weighted by Gasteiger charge is 2.21. The summed E-state index contributed by atoms with van der Waals surface area (Å²) in [7, 11) is -3.91. The molecule has 0 aliphatic carbocycles. The minimum absolute atomic E-state index is 0.0390. The van der Waals surface area contributed by atoms with Crippen molar-refractivity contribution in [3.05, 3.63) is 29.3 Å². The highest BCUT2D eigenvalue weighted by Crippen LogP contribution is 2.16. The molecule has 5 nitrogen and oxygen atoms in total. The van der Waals surface area contributed by atoms with E-state index in [1.807, 2.05) is 11.6 Å². The molecule has 0 aliphatic rings. The third kappa shape index (κ3) is 3.28. The smallest absolute Gasteiger partial charge is 0.264 e. The summed E-state index contributed by atoms with van der Waals surface area (Å²) >= 11 is 0. The Hall–Kier alpha value is -1.40. The summed E-state index contributed by atoms with van der Waals surface area (Å²) in [6.45, 7) is 4.69. The second-order valence-corrected chi connectivity index (χ2v) is 5.57. The van der Waals surface area contributed by atoms with E-state index in [0.29, 0.717) is 5.56 Å². The van der Waals surface area contributed by atoms with Gasteiger partial charge in [-0.05, 0) is 32.4 Å². The van der Waals surface area contributed by atoms with Gasteiger partial charge >= 0.3 is 0 Å². The predicted octanol–water partition coefficient (Wildman–Crippen LogP) is 0.489. The Morgan fingerprint density at radius 1 is 1.35 bits per heavy atom. The summed E-state index contributed by atoms with van der Waals surface area (Å²) in [6.07, 6.45) is -1.37. The van der Waals surface area contributed by atoms with E-state index in [0.717, 1.165) is 5.56 Å². The second-order valence-electron chi connectivity index (χ2n) is 3.91. The largest absolute Gasteiger partial charge is 0.384 e. The number of carbonyl (C=O) groups is 1. The molecule has 94 valence electrons. The van der Waals surface area contributed by atoms with Crippen LogP contribution in [0.5, 0.6) is 0 Å². The van der Waals surface area contributed by atoms with Gasteiger partial charge in [0.2, 0.25) is 0 Å². The zero-order chi connectivity index (χ0) is 13.2. The van der Waals surface area contributed by atoms with E-state index in [1.165, 1.54) is 13.0 Å². The summed E-state index contributed by atoms with van der Waals surface area (Å²) < 4.78 is 25.5. The highest BCUT2D eigenvalue weighted by molar-refractivity contribution is 7.90. The monoisotopic (exact) mass is 257 g/mol. The number of aliphatic hydroxyl groups excluding tert-OH is 1. The van der Waals surface area contributed by atoms with Crippen molar-refractivity contribution in [2.24, 2.45) is 0 Å². The van der Waals surface area contributed by atoms with Gasteiger partial charge in [-0.2, -0.15) is 0 Å². The van der Waals surface area contributed by atoms with Gasteiger partial charge in [0.25, 0.3) is 15.9 Å². The lowest BCUT2D eigenvalue weighted by Crippen LogP contribution is -2.37. The maximum Gasteiger partial charge on any atom is 0.264 e. The fraction of sp³-hybridized carbons (Fsp3) is 0.364. The Morgan fingerprint density at radius 3 is 2.41 bits per heavy atom. The van der Waals surface area contributed by atoms with Gasteiger partial charge in [-0.15, -0.1) is 0 Å². The molecule has 0 aliphatic heterocycles. The third-order valence-electron chi connectivity index (χ3n) is 2.23. The first-order chi connectivity index (χ1) is 7.74. The second kappa shape index (κ2) is 4.85. The molecule has 0 fully saturated rings. The topological polar surface area (TPSA) is 83.5 Å². The Kier molecular flexibility index (Phi) is 3.90. The normalized spacial score (nSPS) is 13.2. The third-order valence-corrected chi connectivity index (χ3v) is 3.74. The van der Waals surface area contributed by atoms with Crippen LogP contribution < -0.4 is 4.72 Å². The Labute approximate surface area is 101 Å². The number of hydrogen-bond acceptors (Lipinski definition) is 4. The van der Waals surface area contributed by atoms with Crippen molar-refractivity contribution in [1.82, 2.24) is 4.72 Å². The van der Waals surface area contributed by atoms with Crippen molar-refractivity contribution in [3.63, 3.8) is 0 Å². The zero-order valence-electron chi connectivity index (χ0n) is 9.89. The first-order valence-electron chi connectivity index (χ1n) is 5.06. The summed E-state index contributed by atoms with van der Waals surface area (Å²) in [5, 5.41) is 8.97. The van der Waals surface area contributed by atoms with Crippen molar-refractivity contribution in [1.29, 1.82) is 0 Å². The number of aryl methyl sites for hydroxylation is 2. The highest BCUT2D eigenvalue weighted by atomic mass is 32.2. The molecule has 0 spiro atoms. The average Bonchev–Trinajstić information content (AvgIpc) is 2.15. The Bertz CT molecular complexity index is 534.